The van der Waals surface area contributed by atoms with Gasteiger partial charge in [-0.2, -0.15) is 0 Å². The van der Waals surface area contributed by atoms with Crippen LogP contribution >= 0.6 is 27.5 Å². The number of Topliss-reactive ketones (excluding diaryl/α,β-unsaturated/α-hetero) is 1. The van der Waals surface area contributed by atoms with Gasteiger partial charge in [-0.05, 0) is 25.7 Å². The van der Waals surface area contributed by atoms with Gasteiger partial charge >= 0.3 is 0 Å². The van der Waals surface area contributed by atoms with Crippen LogP contribution in [-0.4, -0.2) is 16.0 Å². The van der Waals surface area contributed by atoms with Crippen LogP contribution < -0.4 is 0 Å². The fraction of sp³-hybridized carbons (Fsp3) is 0.727. The van der Waals surface area contributed by atoms with Crippen LogP contribution in [0.3, 0.4) is 0 Å². The summed E-state index contributed by atoms with van der Waals surface area (Å²) in [6.45, 7) is 0. The second kappa shape index (κ2) is 3.97. The quantitative estimate of drug-likeness (QED) is 0.571. The Hall–Kier alpha value is 0.180. The van der Waals surface area contributed by atoms with E-state index in [1.807, 2.05) is 0 Å². The highest BCUT2D eigenvalue weighted by Crippen LogP contribution is 2.52. The van der Waals surface area contributed by atoms with Gasteiger partial charge in [0.15, 0.2) is 5.78 Å². The number of hydrogen-bond acceptors (Lipinski definition) is 1. The highest BCUT2D eigenvalue weighted by Gasteiger charge is 2.59. The molecule has 0 heterocycles. The van der Waals surface area contributed by atoms with E-state index in [0.29, 0.717) is 5.92 Å². The molecule has 14 heavy (non-hydrogen) atoms. The summed E-state index contributed by atoms with van der Waals surface area (Å²) in [4.78, 5) is 11.3. The minimum Gasteiger partial charge on any atom is -0.297 e. The Morgan fingerprint density at radius 3 is 3.14 bits per heavy atom. The average molecular weight is 278 g/mol. The van der Waals surface area contributed by atoms with Crippen molar-refractivity contribution in [2.45, 2.75) is 30.6 Å². The molecule has 1 fully saturated rings. The van der Waals surface area contributed by atoms with Crippen molar-refractivity contribution in [1.82, 2.24) is 0 Å². The first-order chi connectivity index (χ1) is 6.70. The first-order valence-corrected chi connectivity index (χ1v) is 6.66. The molecule has 0 N–H and O–H groups in total. The monoisotopic (exact) mass is 276 g/mol. The zero-order valence-corrected chi connectivity index (χ0v) is 10.4. The SMILES string of the molecule is O=C1[C@@H]2CCC=C[C@@H]2[C@]1(Cl)CCCBr. The van der Waals surface area contributed by atoms with Gasteiger partial charge in [-0.15, -0.1) is 11.6 Å². The van der Waals surface area contributed by atoms with Crippen molar-refractivity contribution in [1.29, 1.82) is 0 Å². The van der Waals surface area contributed by atoms with Crippen LogP contribution in [0, 0.1) is 11.8 Å². The molecule has 0 bridgehead atoms. The molecule has 1 saturated carbocycles. The van der Waals surface area contributed by atoms with Crippen LogP contribution in [0.2, 0.25) is 0 Å². The van der Waals surface area contributed by atoms with Gasteiger partial charge in [0.25, 0.3) is 0 Å². The normalized spacial score (nSPS) is 40.6. The molecule has 0 aromatic heterocycles. The van der Waals surface area contributed by atoms with Gasteiger partial charge in [0.2, 0.25) is 0 Å². The highest BCUT2D eigenvalue weighted by molar-refractivity contribution is 9.09. The fourth-order valence-electron chi connectivity index (χ4n) is 2.59. The predicted molar refractivity (Wildman–Crippen MR) is 62.0 cm³/mol. The smallest absolute Gasteiger partial charge is 0.158 e. The molecule has 3 atom stereocenters. The standard InChI is InChI=1S/C11H14BrClO/c12-7-3-6-11(13)9-5-2-1-4-8(9)10(11)14/h2,5,8-9H,1,3-4,6-7H2/t8-,9+,11-/m1/s1. The second-order valence-corrected chi connectivity index (χ2v) is 5.62. The Morgan fingerprint density at radius 1 is 1.64 bits per heavy atom. The molecule has 3 heteroatoms. The van der Waals surface area contributed by atoms with E-state index in [-0.39, 0.29) is 11.7 Å². The Morgan fingerprint density at radius 2 is 2.43 bits per heavy atom. The van der Waals surface area contributed by atoms with E-state index < -0.39 is 4.87 Å². The van der Waals surface area contributed by atoms with Gasteiger partial charge in [0.1, 0.15) is 4.87 Å². The Bertz CT molecular complexity index is 276. The van der Waals surface area contributed by atoms with E-state index in [4.69, 9.17) is 11.6 Å². The van der Waals surface area contributed by atoms with Gasteiger partial charge < -0.3 is 0 Å². The number of carbonyl (C=O) groups is 1. The first kappa shape index (κ1) is 10.7. The summed E-state index contributed by atoms with van der Waals surface area (Å²) >= 11 is 9.76. The summed E-state index contributed by atoms with van der Waals surface area (Å²) in [7, 11) is 0. The van der Waals surface area contributed by atoms with E-state index in [1.165, 1.54) is 0 Å². The maximum absolute atomic E-state index is 11.8. The van der Waals surface area contributed by atoms with Crippen LogP contribution in [0.25, 0.3) is 0 Å². The number of ketones is 1. The third-order valence-electron chi connectivity index (χ3n) is 3.37. The van der Waals surface area contributed by atoms with Crippen molar-refractivity contribution in [2.75, 3.05) is 5.33 Å². The molecule has 0 unspecified atom stereocenters. The lowest BCUT2D eigenvalue weighted by Crippen LogP contribution is -2.59. The highest BCUT2D eigenvalue weighted by atomic mass is 79.9. The van der Waals surface area contributed by atoms with Crippen molar-refractivity contribution >= 4 is 33.3 Å². The second-order valence-electron chi connectivity index (χ2n) is 4.16. The fourth-order valence-corrected chi connectivity index (χ4v) is 3.37. The first-order valence-electron chi connectivity index (χ1n) is 5.16. The van der Waals surface area contributed by atoms with Crippen LogP contribution in [0.1, 0.15) is 25.7 Å². The molecule has 1 nitrogen and oxygen atoms in total. The molecule has 78 valence electrons. The molecule has 0 aliphatic heterocycles. The number of carbonyl (C=O) groups excluding carboxylic acids is 1. The lowest BCUT2D eigenvalue weighted by Gasteiger charge is -2.50. The minimum atomic E-state index is -0.560. The zero-order valence-electron chi connectivity index (χ0n) is 8.01. The van der Waals surface area contributed by atoms with Crippen molar-refractivity contribution in [3.8, 4) is 0 Å². The van der Waals surface area contributed by atoms with E-state index >= 15 is 0 Å². The number of rotatable bonds is 3. The predicted octanol–water partition coefficient (Wildman–Crippen LogP) is 3.30. The number of hydrogen-bond donors (Lipinski definition) is 0. The van der Waals surface area contributed by atoms with E-state index in [9.17, 15) is 4.79 Å². The molecule has 2 aliphatic carbocycles. The summed E-state index contributed by atoms with van der Waals surface area (Å²) in [6, 6.07) is 0. The Balaban J connectivity index is 2.08. The van der Waals surface area contributed by atoms with Crippen LogP contribution in [0.5, 0.6) is 0 Å². The van der Waals surface area contributed by atoms with Gasteiger partial charge in [0, 0.05) is 17.2 Å². The minimum absolute atomic E-state index is 0.229. The number of fused-ring (bicyclic) bond motifs is 1. The van der Waals surface area contributed by atoms with Crippen LogP contribution in [-0.2, 0) is 4.79 Å². The van der Waals surface area contributed by atoms with Crippen LogP contribution in [0.4, 0.5) is 0 Å². The molecular weight excluding hydrogens is 263 g/mol. The van der Waals surface area contributed by atoms with Gasteiger partial charge in [0.05, 0.1) is 0 Å². The topological polar surface area (TPSA) is 17.1 Å². The van der Waals surface area contributed by atoms with E-state index in [2.05, 4.69) is 28.1 Å². The molecule has 0 saturated heterocycles. The Labute approximate surface area is 98.0 Å². The summed E-state index contributed by atoms with van der Waals surface area (Å²) < 4.78 is 0. The molecule has 0 aromatic rings. The summed E-state index contributed by atoms with van der Waals surface area (Å²) in [6.07, 6.45) is 8.15. The maximum atomic E-state index is 11.8. The van der Waals surface area contributed by atoms with Crippen LogP contribution in [0.15, 0.2) is 12.2 Å². The van der Waals surface area contributed by atoms with Gasteiger partial charge in [-0.3, -0.25) is 4.79 Å². The van der Waals surface area contributed by atoms with E-state index in [0.717, 1.165) is 31.0 Å². The molecule has 0 spiro atoms. The zero-order chi connectivity index (χ0) is 10.2. The Kier molecular flexibility index (Phi) is 3.03. The lowest BCUT2D eigenvalue weighted by molar-refractivity contribution is -0.138. The molecule has 2 aliphatic rings. The summed E-state index contributed by atoms with van der Waals surface area (Å²) in [5, 5.41) is 0.926. The molecule has 0 amide bonds. The summed E-state index contributed by atoms with van der Waals surface area (Å²) in [5.41, 5.74) is 0. The van der Waals surface area contributed by atoms with Gasteiger partial charge in [-0.25, -0.2) is 0 Å². The van der Waals surface area contributed by atoms with Crippen molar-refractivity contribution in [3.63, 3.8) is 0 Å². The number of halogens is 2. The van der Waals surface area contributed by atoms with Gasteiger partial charge in [-0.1, -0.05) is 28.1 Å². The molecule has 2 rings (SSSR count). The summed E-state index contributed by atoms with van der Waals surface area (Å²) in [5.74, 6) is 0.826. The van der Waals surface area contributed by atoms with E-state index in [1.54, 1.807) is 0 Å². The van der Waals surface area contributed by atoms with Crippen molar-refractivity contribution in [2.24, 2.45) is 11.8 Å². The number of allylic oxidation sites excluding steroid dienone is 2. The largest absolute Gasteiger partial charge is 0.297 e. The third kappa shape index (κ3) is 1.47. The molecule has 0 aromatic carbocycles. The third-order valence-corrected chi connectivity index (χ3v) is 4.56. The average Bonchev–Trinajstić information content (AvgIpc) is 2.25. The molecule has 0 radical (unpaired) electrons. The lowest BCUT2D eigenvalue weighted by atomic mass is 9.58. The molecular formula is C11H14BrClO. The number of alkyl halides is 2. The van der Waals surface area contributed by atoms with Crippen molar-refractivity contribution < 1.29 is 4.79 Å². The maximum Gasteiger partial charge on any atom is 0.158 e. The van der Waals surface area contributed by atoms with Crippen molar-refractivity contribution in [3.05, 3.63) is 12.2 Å².